The summed E-state index contributed by atoms with van der Waals surface area (Å²) in [5, 5.41) is 9.70. The Bertz CT molecular complexity index is 615. The SMILES string of the molecule is O=C(O)c1cnc(-c2ccc(CN3CCCCC3)cc2)s1. The van der Waals surface area contributed by atoms with Gasteiger partial charge in [0.05, 0.1) is 6.20 Å². The topological polar surface area (TPSA) is 53.4 Å². The van der Waals surface area contributed by atoms with Gasteiger partial charge in [-0.15, -0.1) is 11.3 Å². The van der Waals surface area contributed by atoms with Crippen molar-refractivity contribution in [3.63, 3.8) is 0 Å². The molecule has 0 saturated carbocycles. The first-order valence-electron chi connectivity index (χ1n) is 7.23. The molecule has 1 saturated heterocycles. The highest BCUT2D eigenvalue weighted by atomic mass is 32.1. The van der Waals surface area contributed by atoms with Crippen LogP contribution in [0, 0.1) is 0 Å². The summed E-state index contributed by atoms with van der Waals surface area (Å²) in [5.74, 6) is -0.916. The average molecular weight is 302 g/mol. The van der Waals surface area contributed by atoms with Gasteiger partial charge in [-0.25, -0.2) is 9.78 Å². The maximum atomic E-state index is 10.9. The van der Waals surface area contributed by atoms with Crippen LogP contribution in [-0.4, -0.2) is 34.0 Å². The number of hydrogen-bond acceptors (Lipinski definition) is 4. The van der Waals surface area contributed by atoms with Crippen molar-refractivity contribution in [2.75, 3.05) is 13.1 Å². The second kappa shape index (κ2) is 6.37. The molecule has 1 aliphatic heterocycles. The summed E-state index contributed by atoms with van der Waals surface area (Å²) in [6.07, 6.45) is 5.37. The van der Waals surface area contributed by atoms with Crippen molar-refractivity contribution in [2.45, 2.75) is 25.8 Å². The molecule has 1 aromatic carbocycles. The Kier molecular flexibility index (Phi) is 4.31. The third-order valence-electron chi connectivity index (χ3n) is 3.77. The van der Waals surface area contributed by atoms with Crippen LogP contribution < -0.4 is 0 Å². The molecule has 2 aromatic rings. The zero-order chi connectivity index (χ0) is 14.7. The fourth-order valence-corrected chi connectivity index (χ4v) is 3.40. The standard InChI is InChI=1S/C16H18N2O2S/c19-16(20)14-10-17-15(21-14)13-6-4-12(5-7-13)11-18-8-2-1-3-9-18/h4-7,10H,1-3,8-9,11H2,(H,19,20). The number of rotatable bonds is 4. The van der Waals surface area contributed by atoms with Crippen LogP contribution in [0.2, 0.25) is 0 Å². The second-order valence-corrected chi connectivity index (χ2v) is 6.40. The molecule has 1 aliphatic rings. The number of piperidine rings is 1. The van der Waals surface area contributed by atoms with Gasteiger partial charge in [0.25, 0.3) is 0 Å². The Morgan fingerprint density at radius 2 is 1.90 bits per heavy atom. The van der Waals surface area contributed by atoms with Crippen LogP contribution in [0.1, 0.15) is 34.5 Å². The molecule has 0 spiro atoms. The van der Waals surface area contributed by atoms with Crippen molar-refractivity contribution < 1.29 is 9.90 Å². The van der Waals surface area contributed by atoms with Crippen LogP contribution in [-0.2, 0) is 6.54 Å². The van der Waals surface area contributed by atoms with Crippen LogP contribution in [0.25, 0.3) is 10.6 Å². The minimum absolute atomic E-state index is 0.280. The van der Waals surface area contributed by atoms with E-state index in [1.54, 1.807) is 0 Å². The smallest absolute Gasteiger partial charge is 0.347 e. The van der Waals surface area contributed by atoms with E-state index >= 15 is 0 Å². The minimum Gasteiger partial charge on any atom is -0.477 e. The normalized spacial score (nSPS) is 16.0. The molecule has 1 N–H and O–H groups in total. The Balaban J connectivity index is 1.69. The summed E-state index contributed by atoms with van der Waals surface area (Å²) in [5.41, 5.74) is 2.28. The molecule has 0 aliphatic carbocycles. The molecule has 0 radical (unpaired) electrons. The highest BCUT2D eigenvalue weighted by molar-refractivity contribution is 7.16. The molecule has 0 atom stereocenters. The van der Waals surface area contributed by atoms with Gasteiger partial charge >= 0.3 is 5.97 Å². The summed E-state index contributed by atoms with van der Waals surface area (Å²) >= 11 is 1.21. The number of nitrogens with zero attached hydrogens (tertiary/aromatic N) is 2. The van der Waals surface area contributed by atoms with E-state index in [1.165, 1.54) is 55.4 Å². The number of aromatic nitrogens is 1. The fraction of sp³-hybridized carbons (Fsp3) is 0.375. The van der Waals surface area contributed by atoms with Crippen LogP contribution in [0.5, 0.6) is 0 Å². The summed E-state index contributed by atoms with van der Waals surface area (Å²) in [7, 11) is 0. The first-order chi connectivity index (χ1) is 10.2. The molecule has 3 rings (SSSR count). The molecule has 0 bridgehead atoms. The average Bonchev–Trinajstić information content (AvgIpc) is 2.99. The number of benzene rings is 1. The van der Waals surface area contributed by atoms with Crippen LogP contribution in [0.15, 0.2) is 30.5 Å². The third kappa shape index (κ3) is 3.49. The summed E-state index contributed by atoms with van der Waals surface area (Å²) in [6, 6.07) is 8.30. The molecule has 1 fully saturated rings. The predicted molar refractivity (Wildman–Crippen MR) is 83.6 cm³/mol. The number of carboxylic acids is 1. The number of likely N-dealkylation sites (tertiary alicyclic amines) is 1. The van der Waals surface area contributed by atoms with Gasteiger partial charge in [-0.2, -0.15) is 0 Å². The van der Waals surface area contributed by atoms with Gasteiger partial charge < -0.3 is 5.11 Å². The Hall–Kier alpha value is -1.72. The lowest BCUT2D eigenvalue weighted by atomic mass is 10.1. The van der Waals surface area contributed by atoms with Crippen molar-refractivity contribution in [2.24, 2.45) is 0 Å². The molecule has 0 unspecified atom stereocenters. The monoisotopic (exact) mass is 302 g/mol. The molecule has 1 aromatic heterocycles. The number of thiazole rings is 1. The van der Waals surface area contributed by atoms with E-state index in [2.05, 4.69) is 22.0 Å². The molecular weight excluding hydrogens is 284 g/mol. The first-order valence-corrected chi connectivity index (χ1v) is 8.05. The van der Waals surface area contributed by atoms with Gasteiger partial charge in [-0.1, -0.05) is 30.7 Å². The van der Waals surface area contributed by atoms with E-state index in [-0.39, 0.29) is 4.88 Å². The molecule has 0 amide bonds. The van der Waals surface area contributed by atoms with Crippen molar-refractivity contribution in [3.05, 3.63) is 40.9 Å². The number of hydrogen-bond donors (Lipinski definition) is 1. The van der Waals surface area contributed by atoms with Crippen molar-refractivity contribution >= 4 is 17.3 Å². The molecule has 5 heteroatoms. The Morgan fingerprint density at radius 1 is 1.19 bits per heavy atom. The van der Waals surface area contributed by atoms with Crippen molar-refractivity contribution in [1.29, 1.82) is 0 Å². The molecule has 21 heavy (non-hydrogen) atoms. The van der Waals surface area contributed by atoms with E-state index in [9.17, 15) is 4.79 Å². The summed E-state index contributed by atoms with van der Waals surface area (Å²) in [6.45, 7) is 3.38. The van der Waals surface area contributed by atoms with E-state index in [1.807, 2.05) is 12.1 Å². The van der Waals surface area contributed by atoms with E-state index in [4.69, 9.17) is 5.11 Å². The van der Waals surface area contributed by atoms with E-state index in [0.717, 1.165) is 17.1 Å². The molecule has 2 heterocycles. The minimum atomic E-state index is -0.916. The number of carboxylic acid groups (broad SMARTS) is 1. The predicted octanol–water partition coefficient (Wildman–Crippen LogP) is 3.49. The van der Waals surface area contributed by atoms with E-state index in [0.29, 0.717) is 0 Å². The lowest BCUT2D eigenvalue weighted by Crippen LogP contribution is -2.28. The maximum Gasteiger partial charge on any atom is 0.347 e. The fourth-order valence-electron chi connectivity index (χ4n) is 2.63. The number of aromatic carboxylic acids is 1. The zero-order valence-corrected chi connectivity index (χ0v) is 12.6. The van der Waals surface area contributed by atoms with Crippen molar-refractivity contribution in [1.82, 2.24) is 9.88 Å². The van der Waals surface area contributed by atoms with Gasteiger partial charge in [-0.3, -0.25) is 4.90 Å². The van der Waals surface area contributed by atoms with Gasteiger partial charge in [-0.05, 0) is 31.5 Å². The van der Waals surface area contributed by atoms with Gasteiger partial charge in [0.2, 0.25) is 0 Å². The lowest BCUT2D eigenvalue weighted by Gasteiger charge is -2.26. The first kappa shape index (κ1) is 14.2. The molecule has 4 nitrogen and oxygen atoms in total. The quantitative estimate of drug-likeness (QED) is 0.939. The van der Waals surface area contributed by atoms with Crippen molar-refractivity contribution in [3.8, 4) is 10.6 Å². The van der Waals surface area contributed by atoms with Crippen LogP contribution in [0.4, 0.5) is 0 Å². The molecular formula is C16H18N2O2S. The van der Waals surface area contributed by atoms with Crippen LogP contribution in [0.3, 0.4) is 0 Å². The van der Waals surface area contributed by atoms with Gasteiger partial charge in [0.15, 0.2) is 0 Å². The summed E-state index contributed by atoms with van der Waals surface area (Å²) in [4.78, 5) is 17.8. The Labute approximate surface area is 128 Å². The highest BCUT2D eigenvalue weighted by Crippen LogP contribution is 2.25. The van der Waals surface area contributed by atoms with E-state index < -0.39 is 5.97 Å². The lowest BCUT2D eigenvalue weighted by molar-refractivity contribution is 0.0702. The molecule has 110 valence electrons. The zero-order valence-electron chi connectivity index (χ0n) is 11.8. The third-order valence-corrected chi connectivity index (χ3v) is 4.81. The number of carbonyl (C=O) groups is 1. The Morgan fingerprint density at radius 3 is 2.52 bits per heavy atom. The maximum absolute atomic E-state index is 10.9. The largest absolute Gasteiger partial charge is 0.477 e. The second-order valence-electron chi connectivity index (χ2n) is 5.37. The highest BCUT2D eigenvalue weighted by Gasteiger charge is 2.12. The van der Waals surface area contributed by atoms with Crippen LogP contribution >= 0.6 is 11.3 Å². The summed E-state index contributed by atoms with van der Waals surface area (Å²) < 4.78 is 0. The van der Waals surface area contributed by atoms with Gasteiger partial charge in [0.1, 0.15) is 9.88 Å². The van der Waals surface area contributed by atoms with Gasteiger partial charge in [0, 0.05) is 12.1 Å².